The molecule has 0 aliphatic carbocycles. The Morgan fingerprint density at radius 3 is 2.53 bits per heavy atom. The van der Waals surface area contributed by atoms with Crippen LogP contribution in [0.5, 0.6) is 0 Å². The summed E-state index contributed by atoms with van der Waals surface area (Å²) in [6.45, 7) is 6.38. The number of aliphatic hydroxyl groups excluding tert-OH is 2. The van der Waals surface area contributed by atoms with Crippen molar-refractivity contribution < 1.29 is 24.8 Å². The monoisotopic (exact) mass is 218 g/mol. The van der Waals surface area contributed by atoms with Crippen LogP contribution in [0, 0.1) is 0 Å². The molecule has 0 aromatic rings. The predicted molar refractivity (Wildman–Crippen MR) is 53.8 cm³/mol. The lowest BCUT2D eigenvalue weighted by molar-refractivity contribution is -0.298. The second-order valence-corrected chi connectivity index (χ2v) is 3.35. The van der Waals surface area contributed by atoms with Crippen molar-refractivity contribution in [3.05, 3.63) is 12.2 Å². The summed E-state index contributed by atoms with van der Waals surface area (Å²) >= 11 is 0. The lowest BCUT2D eigenvalue weighted by Gasteiger charge is -2.16. The van der Waals surface area contributed by atoms with Crippen molar-refractivity contribution in [2.24, 2.45) is 0 Å². The Bertz CT molecular complexity index is 214. The molecule has 0 bridgehead atoms. The fourth-order valence-corrected chi connectivity index (χ4v) is 0.835. The number of aliphatic hydroxyl groups is 2. The molecule has 0 aliphatic heterocycles. The normalized spacial score (nSPS) is 14.4. The van der Waals surface area contributed by atoms with Crippen molar-refractivity contribution in [1.82, 2.24) is 0 Å². The highest BCUT2D eigenvalue weighted by Gasteiger charge is 2.16. The maximum absolute atomic E-state index is 11.0. The van der Waals surface area contributed by atoms with E-state index in [1.54, 1.807) is 0 Å². The van der Waals surface area contributed by atoms with Gasteiger partial charge in [-0.05, 0) is 13.3 Å². The Hall–Kier alpha value is -0.910. The van der Waals surface area contributed by atoms with Gasteiger partial charge in [0.25, 0.3) is 0 Å². The van der Waals surface area contributed by atoms with E-state index in [4.69, 9.17) is 15.1 Å². The maximum Gasteiger partial charge on any atom is 0.368 e. The summed E-state index contributed by atoms with van der Waals surface area (Å²) in [6, 6.07) is 0. The van der Waals surface area contributed by atoms with E-state index in [1.807, 2.05) is 6.92 Å². The maximum atomic E-state index is 11.0. The molecule has 15 heavy (non-hydrogen) atoms. The van der Waals surface area contributed by atoms with Gasteiger partial charge in [-0.25, -0.2) is 4.79 Å². The van der Waals surface area contributed by atoms with E-state index < -0.39 is 18.2 Å². The van der Waals surface area contributed by atoms with Crippen LogP contribution >= 0.6 is 0 Å². The Morgan fingerprint density at radius 1 is 1.53 bits per heavy atom. The molecule has 5 nitrogen and oxygen atoms in total. The molecule has 5 heteroatoms. The Labute approximate surface area is 89.2 Å². The Balaban J connectivity index is 3.90. The van der Waals surface area contributed by atoms with E-state index in [-0.39, 0.29) is 18.6 Å². The third-order valence-electron chi connectivity index (χ3n) is 1.81. The minimum absolute atomic E-state index is 0.219. The van der Waals surface area contributed by atoms with Gasteiger partial charge in [-0.3, -0.25) is 4.89 Å². The molecular formula is C10H18O5. The van der Waals surface area contributed by atoms with Crippen LogP contribution in [0.25, 0.3) is 0 Å². The molecule has 88 valence electrons. The van der Waals surface area contributed by atoms with Crippen LogP contribution in [0.2, 0.25) is 0 Å². The van der Waals surface area contributed by atoms with Crippen LogP contribution in [-0.4, -0.2) is 35.0 Å². The summed E-state index contributed by atoms with van der Waals surface area (Å²) in [5.74, 6) is -0.632. The zero-order valence-electron chi connectivity index (χ0n) is 9.10. The summed E-state index contributed by atoms with van der Waals surface area (Å²) in [6.07, 6.45) is -0.495. The van der Waals surface area contributed by atoms with Crippen LogP contribution < -0.4 is 0 Å². The van der Waals surface area contributed by atoms with Gasteiger partial charge in [-0.15, -0.1) is 0 Å². The van der Waals surface area contributed by atoms with E-state index >= 15 is 0 Å². The lowest BCUT2D eigenvalue weighted by atomic mass is 10.1. The first-order valence-electron chi connectivity index (χ1n) is 4.83. The third kappa shape index (κ3) is 6.22. The van der Waals surface area contributed by atoms with Crippen molar-refractivity contribution in [2.75, 3.05) is 6.61 Å². The summed E-state index contributed by atoms with van der Waals surface area (Å²) in [4.78, 5) is 20.2. The van der Waals surface area contributed by atoms with E-state index in [0.29, 0.717) is 6.42 Å². The van der Waals surface area contributed by atoms with Crippen molar-refractivity contribution >= 4 is 5.97 Å². The smallest absolute Gasteiger partial charge is 0.368 e. The van der Waals surface area contributed by atoms with Gasteiger partial charge in [0.15, 0.2) is 0 Å². The van der Waals surface area contributed by atoms with Crippen LogP contribution in [0.1, 0.15) is 26.7 Å². The summed E-state index contributed by atoms with van der Waals surface area (Å²) in [7, 11) is 0. The molecule has 0 radical (unpaired) electrons. The van der Waals surface area contributed by atoms with Gasteiger partial charge in [-0.2, -0.15) is 4.89 Å². The summed E-state index contributed by atoms with van der Waals surface area (Å²) in [5, 5.41) is 17.8. The lowest BCUT2D eigenvalue weighted by Crippen LogP contribution is -2.24. The number of carbonyl (C=O) groups is 1. The molecule has 0 saturated heterocycles. The van der Waals surface area contributed by atoms with Crippen molar-refractivity contribution in [3.8, 4) is 0 Å². The average Bonchev–Trinajstić information content (AvgIpc) is 2.22. The van der Waals surface area contributed by atoms with Crippen molar-refractivity contribution in [2.45, 2.75) is 38.9 Å². The van der Waals surface area contributed by atoms with Crippen molar-refractivity contribution in [1.29, 1.82) is 0 Å². The van der Waals surface area contributed by atoms with E-state index in [9.17, 15) is 4.79 Å². The number of hydrogen-bond acceptors (Lipinski definition) is 5. The minimum atomic E-state index is -0.863. The number of carbonyl (C=O) groups excluding carboxylic acids is 1. The fraction of sp³-hybridized carbons (Fsp3) is 0.700. The van der Waals surface area contributed by atoms with E-state index in [1.165, 1.54) is 6.92 Å². The quantitative estimate of drug-likeness (QED) is 0.371. The highest BCUT2D eigenvalue weighted by molar-refractivity contribution is 5.86. The third-order valence-corrected chi connectivity index (χ3v) is 1.81. The zero-order chi connectivity index (χ0) is 11.8. The van der Waals surface area contributed by atoms with Crippen LogP contribution in [0.15, 0.2) is 12.2 Å². The molecule has 0 spiro atoms. The highest BCUT2D eigenvalue weighted by atomic mass is 17.2. The van der Waals surface area contributed by atoms with Gasteiger partial charge in [0.1, 0.15) is 6.10 Å². The molecule has 0 aromatic heterocycles. The van der Waals surface area contributed by atoms with E-state index in [0.717, 1.165) is 0 Å². The van der Waals surface area contributed by atoms with Crippen LogP contribution in [0.3, 0.4) is 0 Å². The topological polar surface area (TPSA) is 76.0 Å². The average molecular weight is 218 g/mol. The second kappa shape index (κ2) is 7.39. The Kier molecular flexibility index (Phi) is 6.94. The van der Waals surface area contributed by atoms with Crippen molar-refractivity contribution in [3.63, 3.8) is 0 Å². The van der Waals surface area contributed by atoms with Crippen LogP contribution in [-0.2, 0) is 14.6 Å². The van der Waals surface area contributed by atoms with Gasteiger partial charge in [0, 0.05) is 12.0 Å². The molecular weight excluding hydrogens is 200 g/mol. The number of hydrogen-bond donors (Lipinski definition) is 2. The molecule has 0 rings (SSSR count). The number of rotatable bonds is 7. The van der Waals surface area contributed by atoms with Crippen LogP contribution in [0.4, 0.5) is 0 Å². The SMILES string of the molecule is C=C(C)C(=O)OOC(CC)CC(O)CO. The van der Waals surface area contributed by atoms with Gasteiger partial charge in [-0.1, -0.05) is 13.5 Å². The standard InChI is InChI=1S/C10H18O5/c1-4-9(5-8(12)6-11)14-15-10(13)7(2)3/h8-9,11-12H,2,4-6H2,1,3H3. The first-order valence-corrected chi connectivity index (χ1v) is 4.83. The first kappa shape index (κ1) is 14.1. The molecule has 0 aliphatic rings. The highest BCUT2D eigenvalue weighted by Crippen LogP contribution is 2.08. The molecule has 2 N–H and O–H groups in total. The first-order chi connectivity index (χ1) is 7.01. The molecule has 0 aromatic carbocycles. The minimum Gasteiger partial charge on any atom is -0.394 e. The van der Waals surface area contributed by atoms with Gasteiger partial charge in [0.05, 0.1) is 12.7 Å². The fourth-order valence-electron chi connectivity index (χ4n) is 0.835. The predicted octanol–water partition coefficient (Wildman–Crippen LogP) is 0.559. The van der Waals surface area contributed by atoms with Gasteiger partial charge < -0.3 is 10.2 Å². The largest absolute Gasteiger partial charge is 0.394 e. The molecule has 2 unspecified atom stereocenters. The summed E-state index contributed by atoms with van der Waals surface area (Å²) in [5.41, 5.74) is 0.243. The zero-order valence-corrected chi connectivity index (χ0v) is 9.10. The second-order valence-electron chi connectivity index (χ2n) is 3.35. The summed E-state index contributed by atoms with van der Waals surface area (Å²) < 4.78 is 0. The molecule has 0 heterocycles. The molecule has 0 saturated carbocycles. The molecule has 0 fully saturated rings. The Morgan fingerprint density at radius 2 is 2.13 bits per heavy atom. The van der Waals surface area contributed by atoms with Gasteiger partial charge >= 0.3 is 5.97 Å². The van der Waals surface area contributed by atoms with Gasteiger partial charge in [0.2, 0.25) is 0 Å². The molecule has 0 amide bonds. The molecule has 2 atom stereocenters. The van der Waals surface area contributed by atoms with E-state index in [2.05, 4.69) is 11.5 Å².